The zero-order valence-electron chi connectivity index (χ0n) is 49.9. The van der Waals surface area contributed by atoms with Gasteiger partial charge in [-0.05, 0) is 245 Å². The summed E-state index contributed by atoms with van der Waals surface area (Å²) >= 11 is 0. The van der Waals surface area contributed by atoms with Crippen LogP contribution in [-0.4, -0.2) is 0 Å². The van der Waals surface area contributed by atoms with E-state index in [1.807, 2.05) is 0 Å². The number of hydrogen-bond acceptors (Lipinski definition) is 4. The zero-order valence-corrected chi connectivity index (χ0v) is 49.9. The number of allylic oxidation sites excluding steroid dienone is 3. The molecule has 0 radical (unpaired) electrons. The van der Waals surface area contributed by atoms with Gasteiger partial charge in [0.25, 0.3) is 0 Å². The van der Waals surface area contributed by atoms with Crippen LogP contribution in [0.15, 0.2) is 267 Å². The molecular weight excluding hydrogens is 1030 g/mol. The summed E-state index contributed by atoms with van der Waals surface area (Å²) in [7, 11) is 0. The topological polar surface area (TPSA) is 13.0 Å². The zero-order chi connectivity index (χ0) is 58.1. The van der Waals surface area contributed by atoms with Gasteiger partial charge >= 0.3 is 0 Å². The fourth-order valence-corrected chi connectivity index (χ4v) is 13.3. The van der Waals surface area contributed by atoms with Crippen LogP contribution in [0.25, 0.3) is 22.3 Å². The molecule has 0 fully saturated rings. The van der Waals surface area contributed by atoms with E-state index in [0.717, 1.165) is 69.0 Å². The van der Waals surface area contributed by atoms with Gasteiger partial charge in [-0.3, -0.25) is 0 Å². The molecule has 0 saturated carbocycles. The Morgan fingerprint density at radius 1 is 0.271 bits per heavy atom. The summed E-state index contributed by atoms with van der Waals surface area (Å²) in [6, 6.07) is 92.3. The summed E-state index contributed by atoms with van der Waals surface area (Å²) in [5.74, 6) is 0.462. The number of anilines is 11. The van der Waals surface area contributed by atoms with E-state index in [1.54, 1.807) is 0 Å². The minimum absolute atomic E-state index is 0.462. The largest absolute Gasteiger partial charge is 0.311 e. The van der Waals surface area contributed by atoms with Crippen molar-refractivity contribution in [1.82, 2.24) is 0 Å². The van der Waals surface area contributed by atoms with Gasteiger partial charge in [0.15, 0.2) is 0 Å². The van der Waals surface area contributed by atoms with Crippen molar-refractivity contribution < 1.29 is 0 Å². The maximum atomic E-state index is 2.55. The smallest absolute Gasteiger partial charge is 0.0728 e. The maximum Gasteiger partial charge on any atom is 0.0728 e. The molecule has 0 saturated heterocycles. The monoisotopic (exact) mass is 1100 g/mol. The summed E-state index contributed by atoms with van der Waals surface area (Å²) in [6.45, 7) is 17.5. The first-order chi connectivity index (χ1) is 41.4. The van der Waals surface area contributed by atoms with E-state index in [1.165, 1.54) is 89.1 Å². The SMILES string of the molecule is Cc1ccc(N(C2=CCC(C)C=C2)c2ccc3c(c2)C2(c4cc(N(c5ccc(C)cc5)c5ccc(C)cc5)ccc4-3)c3cc(N(c4ccc(C)cc4)c4ccc(C)cc4)ccc3-c3ccc(N(c4ccc(C)cc4)c4ccc(C)cc4)cc32)cc1. The number of hydrogen-bond donors (Lipinski definition) is 0. The fraction of sp³-hybridized carbons (Fsp3) is 0.136. The Morgan fingerprint density at radius 2 is 0.482 bits per heavy atom. The predicted octanol–water partition coefficient (Wildman–Crippen LogP) is 22.2. The van der Waals surface area contributed by atoms with Crippen LogP contribution in [0.2, 0.25) is 0 Å². The van der Waals surface area contributed by atoms with Crippen LogP contribution in [-0.2, 0) is 5.41 Å². The molecule has 4 nitrogen and oxygen atoms in total. The van der Waals surface area contributed by atoms with Gasteiger partial charge in [-0.25, -0.2) is 0 Å². The van der Waals surface area contributed by atoms with Crippen LogP contribution < -0.4 is 19.6 Å². The molecule has 4 heteroatoms. The van der Waals surface area contributed by atoms with Gasteiger partial charge in [-0.15, -0.1) is 0 Å². The molecule has 1 unspecified atom stereocenters. The minimum atomic E-state index is -0.831. The number of fused-ring (bicyclic) bond motifs is 10. The molecule has 0 aromatic heterocycles. The van der Waals surface area contributed by atoms with Gasteiger partial charge in [0.2, 0.25) is 0 Å². The average Bonchev–Trinajstić information content (AvgIpc) is 1.63. The van der Waals surface area contributed by atoms with Crippen molar-refractivity contribution in [3.63, 3.8) is 0 Å². The van der Waals surface area contributed by atoms with Gasteiger partial charge in [-0.1, -0.05) is 167 Å². The maximum absolute atomic E-state index is 2.55. The lowest BCUT2D eigenvalue weighted by Crippen LogP contribution is -2.27. The number of benzene rings is 11. The van der Waals surface area contributed by atoms with E-state index in [2.05, 4.69) is 336 Å². The van der Waals surface area contributed by atoms with E-state index in [9.17, 15) is 0 Å². The second-order valence-electron chi connectivity index (χ2n) is 24.1. The van der Waals surface area contributed by atoms with Crippen LogP contribution in [0, 0.1) is 54.4 Å². The summed E-state index contributed by atoms with van der Waals surface area (Å²) < 4.78 is 0. The van der Waals surface area contributed by atoms with Crippen molar-refractivity contribution in [3.05, 3.63) is 328 Å². The van der Waals surface area contributed by atoms with E-state index in [0.29, 0.717) is 5.92 Å². The first kappa shape index (κ1) is 53.1. The highest BCUT2D eigenvalue weighted by atomic mass is 15.2. The van der Waals surface area contributed by atoms with E-state index >= 15 is 0 Å². The Labute approximate surface area is 502 Å². The molecule has 85 heavy (non-hydrogen) atoms. The Hall–Kier alpha value is -9.90. The fourth-order valence-electron chi connectivity index (χ4n) is 13.3. The first-order valence-corrected chi connectivity index (χ1v) is 30.0. The molecule has 1 spiro atoms. The lowest BCUT2D eigenvalue weighted by molar-refractivity contribution is 0.728. The molecule has 0 aliphatic heterocycles. The van der Waals surface area contributed by atoms with Gasteiger partial charge in [0, 0.05) is 68.3 Å². The normalized spacial score (nSPS) is 14.1. The average molecular weight is 1100 g/mol. The Bertz CT molecular complexity index is 3950. The predicted molar refractivity (Wildman–Crippen MR) is 360 cm³/mol. The molecule has 0 heterocycles. The summed E-state index contributed by atoms with van der Waals surface area (Å²) in [5, 5.41) is 0. The van der Waals surface area contributed by atoms with Crippen LogP contribution >= 0.6 is 0 Å². The van der Waals surface area contributed by atoms with Crippen LogP contribution in [0.5, 0.6) is 0 Å². The van der Waals surface area contributed by atoms with Crippen LogP contribution in [0.3, 0.4) is 0 Å². The van der Waals surface area contributed by atoms with Gasteiger partial charge < -0.3 is 19.6 Å². The highest BCUT2D eigenvalue weighted by Gasteiger charge is 2.53. The van der Waals surface area contributed by atoms with Crippen molar-refractivity contribution >= 4 is 62.6 Å². The van der Waals surface area contributed by atoms with Crippen LogP contribution in [0.1, 0.15) is 74.5 Å². The summed E-state index contributed by atoms with van der Waals surface area (Å²) in [6.07, 6.45) is 8.09. The molecule has 414 valence electrons. The lowest BCUT2D eigenvalue weighted by Gasteiger charge is -2.35. The molecule has 0 N–H and O–H groups in total. The quantitative estimate of drug-likeness (QED) is 0.121. The summed E-state index contributed by atoms with van der Waals surface area (Å²) in [5.41, 5.74) is 31.0. The Balaban J connectivity index is 1.10. The van der Waals surface area contributed by atoms with Gasteiger partial charge in [0.05, 0.1) is 5.41 Å². The highest BCUT2D eigenvalue weighted by Crippen LogP contribution is 2.65. The minimum Gasteiger partial charge on any atom is -0.311 e. The van der Waals surface area contributed by atoms with Crippen molar-refractivity contribution in [2.45, 2.75) is 67.2 Å². The molecule has 1 atom stereocenters. The van der Waals surface area contributed by atoms with E-state index < -0.39 is 5.41 Å². The number of nitrogens with zero attached hydrogens (tertiary/aromatic N) is 4. The van der Waals surface area contributed by atoms with Gasteiger partial charge in [0.1, 0.15) is 0 Å². The molecule has 3 aliphatic rings. The third-order valence-electron chi connectivity index (χ3n) is 17.8. The van der Waals surface area contributed by atoms with E-state index in [4.69, 9.17) is 0 Å². The third-order valence-corrected chi connectivity index (χ3v) is 17.8. The molecule has 0 bridgehead atoms. The highest BCUT2D eigenvalue weighted by molar-refractivity contribution is 6.00. The molecule has 0 amide bonds. The first-order valence-electron chi connectivity index (χ1n) is 30.0. The second kappa shape index (κ2) is 21.4. The Morgan fingerprint density at radius 3 is 0.706 bits per heavy atom. The third kappa shape index (κ3) is 9.43. The van der Waals surface area contributed by atoms with Crippen molar-refractivity contribution in [2.75, 3.05) is 19.6 Å². The van der Waals surface area contributed by atoms with Crippen molar-refractivity contribution in [2.24, 2.45) is 5.92 Å². The molecule has 11 aromatic rings. The molecule has 3 aliphatic carbocycles. The number of aryl methyl sites for hydroxylation is 7. The number of rotatable bonds is 12. The van der Waals surface area contributed by atoms with E-state index in [-0.39, 0.29) is 0 Å². The van der Waals surface area contributed by atoms with Gasteiger partial charge in [-0.2, -0.15) is 0 Å². The lowest BCUT2D eigenvalue weighted by atomic mass is 9.70. The molecule has 11 aromatic carbocycles. The van der Waals surface area contributed by atoms with Crippen LogP contribution in [0.4, 0.5) is 62.6 Å². The molecular formula is C81H70N4. The second-order valence-corrected chi connectivity index (χ2v) is 24.1. The Kier molecular flexibility index (Phi) is 13.4. The summed E-state index contributed by atoms with van der Waals surface area (Å²) in [4.78, 5) is 9.82. The standard InChI is InChI=1S/C81H70N4/c1-53-9-25-61(26-10-53)82(62-27-11-54(2)12-28-62)69-41-45-73-74-46-42-70(83(63-29-13-55(3)14-30-63)64-31-15-56(4)16-32-64)50-78(74)81(77(73)49-69)79-51-71(84(65-33-17-57(5)18-34-65)66-35-19-58(6)20-36-66)43-47-75(79)76-48-44-72(52-80(76)81)85(67-37-21-59(7)22-38-67)68-39-23-60(8)24-40-68/h9-23,25-52,60H,24H2,1-8H3. The van der Waals surface area contributed by atoms with Crippen molar-refractivity contribution in [1.29, 1.82) is 0 Å². The van der Waals surface area contributed by atoms with Crippen molar-refractivity contribution in [3.8, 4) is 22.3 Å². The molecule has 14 rings (SSSR count).